The van der Waals surface area contributed by atoms with Gasteiger partial charge in [-0.2, -0.15) is 4.98 Å². The van der Waals surface area contributed by atoms with Crippen molar-refractivity contribution in [2.24, 2.45) is 0 Å². The molecular formula is C14H9BrN2O2. The first kappa shape index (κ1) is 11.9. The summed E-state index contributed by atoms with van der Waals surface area (Å²) < 4.78 is 6.03. The van der Waals surface area contributed by atoms with Gasteiger partial charge in [0.1, 0.15) is 5.75 Å². The van der Waals surface area contributed by atoms with Crippen LogP contribution in [0, 0.1) is 0 Å². The predicted molar refractivity (Wildman–Crippen MR) is 74.5 cm³/mol. The molecule has 0 atom stereocenters. The number of phenols is 1. The molecule has 0 spiro atoms. The van der Waals surface area contributed by atoms with Gasteiger partial charge in [-0.15, -0.1) is 0 Å². The highest BCUT2D eigenvalue weighted by Gasteiger charge is 2.14. The van der Waals surface area contributed by atoms with Crippen molar-refractivity contribution >= 4 is 15.9 Å². The van der Waals surface area contributed by atoms with Crippen LogP contribution in [0.1, 0.15) is 0 Å². The fourth-order valence-electron chi connectivity index (χ4n) is 1.72. The molecule has 19 heavy (non-hydrogen) atoms. The fourth-order valence-corrected chi connectivity index (χ4v) is 2.08. The molecule has 94 valence electrons. The van der Waals surface area contributed by atoms with E-state index in [1.807, 2.05) is 30.3 Å². The summed E-state index contributed by atoms with van der Waals surface area (Å²) in [4.78, 5) is 4.29. The zero-order chi connectivity index (χ0) is 13.2. The lowest BCUT2D eigenvalue weighted by atomic mass is 10.2. The van der Waals surface area contributed by atoms with Gasteiger partial charge in [0.05, 0.1) is 5.56 Å². The minimum absolute atomic E-state index is 0.103. The van der Waals surface area contributed by atoms with Gasteiger partial charge in [-0.3, -0.25) is 0 Å². The van der Waals surface area contributed by atoms with Crippen LogP contribution < -0.4 is 0 Å². The van der Waals surface area contributed by atoms with E-state index in [1.54, 1.807) is 18.2 Å². The molecule has 1 heterocycles. The Kier molecular flexibility index (Phi) is 3.05. The second-order valence-electron chi connectivity index (χ2n) is 3.95. The lowest BCUT2D eigenvalue weighted by Crippen LogP contribution is -1.81. The van der Waals surface area contributed by atoms with Crippen molar-refractivity contribution in [3.05, 3.63) is 53.0 Å². The van der Waals surface area contributed by atoms with Crippen molar-refractivity contribution in [3.8, 4) is 28.6 Å². The molecule has 0 radical (unpaired) electrons. The Morgan fingerprint density at radius 1 is 1.05 bits per heavy atom. The Bertz CT molecular complexity index is 710. The topological polar surface area (TPSA) is 59.2 Å². The summed E-state index contributed by atoms with van der Waals surface area (Å²) in [5.41, 5.74) is 1.37. The molecule has 0 aliphatic carbocycles. The number of hydrogen-bond acceptors (Lipinski definition) is 4. The summed E-state index contributed by atoms with van der Waals surface area (Å²) in [6.07, 6.45) is 0. The van der Waals surface area contributed by atoms with Crippen molar-refractivity contribution in [2.45, 2.75) is 0 Å². The van der Waals surface area contributed by atoms with E-state index >= 15 is 0 Å². The van der Waals surface area contributed by atoms with Gasteiger partial charge in [-0.25, -0.2) is 0 Å². The summed E-state index contributed by atoms with van der Waals surface area (Å²) in [5.74, 6) is 0.888. The SMILES string of the molecule is Oc1ccc(Br)cc1-c1nc(-c2ccccc2)no1. The summed E-state index contributed by atoms with van der Waals surface area (Å²) in [7, 11) is 0. The van der Waals surface area contributed by atoms with Gasteiger partial charge in [0.15, 0.2) is 0 Å². The van der Waals surface area contributed by atoms with Crippen LogP contribution in [0.25, 0.3) is 22.8 Å². The van der Waals surface area contributed by atoms with E-state index < -0.39 is 0 Å². The third-order valence-corrected chi connectivity index (χ3v) is 3.14. The average molecular weight is 317 g/mol. The number of rotatable bonds is 2. The van der Waals surface area contributed by atoms with Crippen LogP contribution >= 0.6 is 15.9 Å². The number of halogens is 1. The number of benzene rings is 2. The summed E-state index contributed by atoms with van der Waals surface area (Å²) >= 11 is 3.34. The van der Waals surface area contributed by atoms with Crippen molar-refractivity contribution in [1.82, 2.24) is 10.1 Å². The van der Waals surface area contributed by atoms with Gasteiger partial charge in [0.2, 0.25) is 5.82 Å². The van der Waals surface area contributed by atoms with Gasteiger partial charge in [-0.05, 0) is 18.2 Å². The highest BCUT2D eigenvalue weighted by atomic mass is 79.9. The van der Waals surface area contributed by atoms with E-state index in [1.165, 1.54) is 0 Å². The minimum atomic E-state index is 0.103. The molecule has 0 saturated carbocycles. The highest BCUT2D eigenvalue weighted by Crippen LogP contribution is 2.31. The number of aromatic nitrogens is 2. The van der Waals surface area contributed by atoms with Gasteiger partial charge in [-0.1, -0.05) is 51.4 Å². The second-order valence-corrected chi connectivity index (χ2v) is 4.87. The molecule has 3 rings (SSSR count). The molecule has 2 aromatic carbocycles. The Hall–Kier alpha value is -2.14. The lowest BCUT2D eigenvalue weighted by Gasteiger charge is -1.99. The van der Waals surface area contributed by atoms with Crippen molar-refractivity contribution in [1.29, 1.82) is 0 Å². The van der Waals surface area contributed by atoms with E-state index in [-0.39, 0.29) is 11.6 Å². The Labute approximate surface area is 117 Å². The molecular weight excluding hydrogens is 308 g/mol. The predicted octanol–water partition coefficient (Wildman–Crippen LogP) is 3.87. The Morgan fingerprint density at radius 3 is 2.63 bits per heavy atom. The number of phenolic OH excluding ortho intramolecular Hbond substituents is 1. The standard InChI is InChI=1S/C14H9BrN2O2/c15-10-6-7-12(18)11(8-10)14-16-13(17-19-14)9-4-2-1-3-5-9/h1-8,18H. The van der Waals surface area contributed by atoms with Crippen LogP contribution in [0.5, 0.6) is 5.75 Å². The number of hydrogen-bond donors (Lipinski definition) is 1. The van der Waals surface area contributed by atoms with Crippen LogP contribution in [0.3, 0.4) is 0 Å². The summed E-state index contributed by atoms with van der Waals surface area (Å²) in [6, 6.07) is 14.6. The molecule has 1 aromatic heterocycles. The second kappa shape index (κ2) is 4.85. The molecule has 0 aliphatic rings. The number of nitrogens with zero attached hydrogens (tertiary/aromatic N) is 2. The van der Waals surface area contributed by atoms with Crippen LogP contribution in [-0.2, 0) is 0 Å². The largest absolute Gasteiger partial charge is 0.507 e. The quantitative estimate of drug-likeness (QED) is 0.779. The first-order valence-electron chi connectivity index (χ1n) is 5.62. The normalized spacial score (nSPS) is 10.6. The molecule has 4 nitrogen and oxygen atoms in total. The molecule has 0 bridgehead atoms. The third kappa shape index (κ3) is 2.37. The molecule has 0 unspecified atom stereocenters. The van der Waals surface area contributed by atoms with E-state index in [0.29, 0.717) is 11.4 Å². The molecule has 0 amide bonds. The molecule has 0 aliphatic heterocycles. The maximum atomic E-state index is 9.82. The van der Waals surface area contributed by atoms with Crippen LogP contribution in [0.4, 0.5) is 0 Å². The Morgan fingerprint density at radius 2 is 1.84 bits per heavy atom. The Balaban J connectivity index is 2.04. The van der Waals surface area contributed by atoms with Crippen LogP contribution in [0.15, 0.2) is 57.5 Å². The first-order chi connectivity index (χ1) is 9.24. The van der Waals surface area contributed by atoms with Crippen LogP contribution in [0.2, 0.25) is 0 Å². The maximum Gasteiger partial charge on any atom is 0.262 e. The van der Waals surface area contributed by atoms with Gasteiger partial charge < -0.3 is 9.63 Å². The zero-order valence-corrected chi connectivity index (χ0v) is 11.3. The number of aromatic hydroxyl groups is 1. The smallest absolute Gasteiger partial charge is 0.262 e. The third-order valence-electron chi connectivity index (χ3n) is 2.65. The van der Waals surface area contributed by atoms with E-state index in [4.69, 9.17) is 4.52 Å². The summed E-state index contributed by atoms with van der Waals surface area (Å²) in [6.45, 7) is 0. The minimum Gasteiger partial charge on any atom is -0.507 e. The van der Waals surface area contributed by atoms with Gasteiger partial charge in [0, 0.05) is 10.0 Å². The highest BCUT2D eigenvalue weighted by molar-refractivity contribution is 9.10. The van der Waals surface area contributed by atoms with E-state index in [9.17, 15) is 5.11 Å². The first-order valence-corrected chi connectivity index (χ1v) is 6.41. The molecule has 1 N–H and O–H groups in total. The van der Waals surface area contributed by atoms with Crippen molar-refractivity contribution in [3.63, 3.8) is 0 Å². The monoisotopic (exact) mass is 316 g/mol. The summed E-state index contributed by atoms with van der Waals surface area (Å²) in [5, 5.41) is 13.7. The van der Waals surface area contributed by atoms with Crippen LogP contribution in [-0.4, -0.2) is 15.2 Å². The van der Waals surface area contributed by atoms with Crippen molar-refractivity contribution in [2.75, 3.05) is 0 Å². The molecule has 5 heteroatoms. The zero-order valence-electron chi connectivity index (χ0n) is 9.75. The van der Waals surface area contributed by atoms with E-state index in [0.717, 1.165) is 10.0 Å². The molecule has 0 saturated heterocycles. The maximum absolute atomic E-state index is 9.82. The average Bonchev–Trinajstić information content (AvgIpc) is 2.92. The van der Waals surface area contributed by atoms with Crippen molar-refractivity contribution < 1.29 is 9.63 Å². The van der Waals surface area contributed by atoms with E-state index in [2.05, 4.69) is 26.1 Å². The van der Waals surface area contributed by atoms with Gasteiger partial charge in [0.25, 0.3) is 5.89 Å². The fraction of sp³-hybridized carbons (Fsp3) is 0. The molecule has 3 aromatic rings. The van der Waals surface area contributed by atoms with Gasteiger partial charge >= 0.3 is 0 Å². The lowest BCUT2D eigenvalue weighted by molar-refractivity contribution is 0.425. The molecule has 0 fully saturated rings.